The predicted octanol–water partition coefficient (Wildman–Crippen LogP) is 1.56. The van der Waals surface area contributed by atoms with E-state index in [-0.39, 0.29) is 23.3 Å². The minimum absolute atomic E-state index is 0.00152. The van der Waals surface area contributed by atoms with Crippen LogP contribution in [0, 0.1) is 0 Å². The zero-order valence-corrected chi connectivity index (χ0v) is 12.7. The molecule has 0 aliphatic heterocycles. The number of hydrogen-bond donors (Lipinski definition) is 3. The molecule has 0 unspecified atom stereocenters. The predicted molar refractivity (Wildman–Crippen MR) is 92.8 cm³/mol. The zero-order chi connectivity index (χ0) is 16.7. The van der Waals surface area contributed by atoms with Crippen molar-refractivity contribution in [1.29, 1.82) is 0 Å². The summed E-state index contributed by atoms with van der Waals surface area (Å²) in [6.45, 7) is 0. The van der Waals surface area contributed by atoms with Crippen molar-refractivity contribution in [2.75, 3.05) is 0 Å². The van der Waals surface area contributed by atoms with E-state index in [1.807, 2.05) is 36.4 Å². The molecule has 0 saturated heterocycles. The smallest absolute Gasteiger partial charge is 0.261 e. The summed E-state index contributed by atoms with van der Waals surface area (Å²) >= 11 is 0. The molecule has 1 aliphatic carbocycles. The fourth-order valence-corrected chi connectivity index (χ4v) is 3.05. The van der Waals surface area contributed by atoms with Gasteiger partial charge in [0.2, 0.25) is 0 Å². The first-order chi connectivity index (χ1) is 11.6. The standard InChI is InChI=1S/C19H14N2O3/c22-16-9-11(8-13-10-17(23)21-19(24)18(13)16)7-12-5-6-20-15-4-2-1-3-14(12)15/h1-8,10,22-23H,9H2,(H,21,24). The van der Waals surface area contributed by atoms with Gasteiger partial charge < -0.3 is 10.2 Å². The molecule has 0 saturated carbocycles. The van der Waals surface area contributed by atoms with E-state index in [4.69, 9.17) is 0 Å². The van der Waals surface area contributed by atoms with Crippen LogP contribution in [0.4, 0.5) is 0 Å². The Morgan fingerprint density at radius 1 is 1.17 bits per heavy atom. The quantitative estimate of drug-likeness (QED) is 0.635. The molecule has 118 valence electrons. The van der Waals surface area contributed by atoms with Crippen LogP contribution in [-0.4, -0.2) is 20.2 Å². The van der Waals surface area contributed by atoms with Gasteiger partial charge >= 0.3 is 0 Å². The van der Waals surface area contributed by atoms with Crippen molar-refractivity contribution in [2.24, 2.45) is 0 Å². The number of benzene rings is 1. The second kappa shape index (κ2) is 5.38. The van der Waals surface area contributed by atoms with Crippen LogP contribution in [0.25, 0.3) is 28.8 Å². The number of aliphatic hydroxyl groups is 1. The molecular weight excluding hydrogens is 304 g/mol. The molecule has 5 heteroatoms. The van der Waals surface area contributed by atoms with Crippen molar-refractivity contribution in [3.8, 4) is 5.88 Å². The maximum Gasteiger partial charge on any atom is 0.261 e. The van der Waals surface area contributed by atoms with Crippen LogP contribution in [0.3, 0.4) is 0 Å². The van der Waals surface area contributed by atoms with Crippen molar-refractivity contribution in [3.63, 3.8) is 0 Å². The lowest BCUT2D eigenvalue weighted by molar-refractivity contribution is 0.449. The largest absolute Gasteiger partial charge is 0.511 e. The average Bonchev–Trinajstić information content (AvgIpc) is 2.54. The summed E-state index contributed by atoms with van der Waals surface area (Å²) in [6, 6.07) is 11.2. The number of nitrogens with zero attached hydrogens (tertiary/aromatic N) is 1. The first-order valence-electron chi connectivity index (χ1n) is 7.52. The Bertz CT molecular complexity index is 1170. The van der Waals surface area contributed by atoms with Gasteiger partial charge in [-0.1, -0.05) is 30.4 Å². The van der Waals surface area contributed by atoms with Gasteiger partial charge in [-0.3, -0.25) is 14.8 Å². The van der Waals surface area contributed by atoms with E-state index in [0.717, 1.165) is 22.0 Å². The van der Waals surface area contributed by atoms with Gasteiger partial charge in [0.15, 0.2) is 5.88 Å². The monoisotopic (exact) mass is 318 g/mol. The molecule has 0 bridgehead atoms. The second-order valence-electron chi connectivity index (χ2n) is 5.72. The molecule has 0 amide bonds. The van der Waals surface area contributed by atoms with E-state index < -0.39 is 5.56 Å². The molecule has 4 rings (SSSR count). The molecule has 24 heavy (non-hydrogen) atoms. The van der Waals surface area contributed by atoms with Gasteiger partial charge in [0, 0.05) is 24.1 Å². The van der Waals surface area contributed by atoms with Crippen LogP contribution in [0.2, 0.25) is 0 Å². The number of fused-ring (bicyclic) bond motifs is 2. The molecule has 1 aliphatic rings. The lowest BCUT2D eigenvalue weighted by atomic mass is 9.99. The first-order valence-corrected chi connectivity index (χ1v) is 7.52. The number of aliphatic hydroxyl groups excluding tert-OH is 1. The van der Waals surface area contributed by atoms with Crippen LogP contribution in [0.5, 0.6) is 5.88 Å². The fraction of sp³-hybridized carbons (Fsp3) is 0.0526. The molecule has 3 N–H and O–H groups in total. The van der Waals surface area contributed by atoms with Gasteiger partial charge in [-0.2, -0.15) is 0 Å². The maximum atomic E-state index is 11.9. The Balaban J connectivity index is 1.93. The van der Waals surface area contributed by atoms with Gasteiger partial charge in [0.05, 0.1) is 10.7 Å². The fourth-order valence-electron chi connectivity index (χ4n) is 3.05. The van der Waals surface area contributed by atoms with Crippen molar-refractivity contribution < 1.29 is 10.2 Å². The molecule has 3 aromatic rings. The van der Waals surface area contributed by atoms with Crippen LogP contribution in [0.1, 0.15) is 12.0 Å². The van der Waals surface area contributed by atoms with Crippen molar-refractivity contribution in [3.05, 3.63) is 74.5 Å². The van der Waals surface area contributed by atoms with Gasteiger partial charge in [-0.15, -0.1) is 0 Å². The number of rotatable bonds is 1. The molecule has 2 heterocycles. The molecule has 5 nitrogen and oxygen atoms in total. The Kier molecular flexibility index (Phi) is 3.20. The van der Waals surface area contributed by atoms with Crippen LogP contribution in [0.15, 0.2) is 53.0 Å². The van der Waals surface area contributed by atoms with Gasteiger partial charge in [0.25, 0.3) is 5.56 Å². The third-order valence-electron chi connectivity index (χ3n) is 4.07. The lowest BCUT2D eigenvalue weighted by Gasteiger charge is -2.10. The Labute approximate surface area is 136 Å². The number of H-pyrrole nitrogens is 1. The van der Waals surface area contributed by atoms with E-state index >= 15 is 0 Å². The topological polar surface area (TPSA) is 86.2 Å². The minimum atomic E-state index is -0.493. The highest BCUT2D eigenvalue weighted by Gasteiger charge is 2.11. The number of aromatic nitrogens is 2. The molecule has 0 radical (unpaired) electrons. The van der Waals surface area contributed by atoms with Crippen molar-refractivity contribution >= 4 is 28.8 Å². The number of aromatic amines is 1. The minimum Gasteiger partial charge on any atom is -0.511 e. The van der Waals surface area contributed by atoms with E-state index in [2.05, 4.69) is 9.97 Å². The van der Waals surface area contributed by atoms with Gasteiger partial charge in [0.1, 0.15) is 5.76 Å². The average molecular weight is 318 g/mol. The molecule has 1 aromatic carbocycles. The summed E-state index contributed by atoms with van der Waals surface area (Å²) in [6.07, 6.45) is 5.77. The summed E-state index contributed by atoms with van der Waals surface area (Å²) in [7, 11) is 0. The number of nitrogens with one attached hydrogen (secondary N) is 1. The summed E-state index contributed by atoms with van der Waals surface area (Å²) < 4.78 is 0. The van der Waals surface area contributed by atoms with Crippen LogP contribution in [-0.2, 0) is 0 Å². The van der Waals surface area contributed by atoms with Crippen LogP contribution < -0.4 is 16.0 Å². The third-order valence-corrected chi connectivity index (χ3v) is 4.07. The Morgan fingerprint density at radius 2 is 2.00 bits per heavy atom. The van der Waals surface area contributed by atoms with Crippen molar-refractivity contribution in [2.45, 2.75) is 6.42 Å². The van der Waals surface area contributed by atoms with E-state index in [0.29, 0.717) is 5.22 Å². The highest BCUT2D eigenvalue weighted by atomic mass is 16.3. The second-order valence-corrected chi connectivity index (χ2v) is 5.72. The number of para-hydroxylation sites is 1. The zero-order valence-electron chi connectivity index (χ0n) is 12.7. The van der Waals surface area contributed by atoms with Crippen LogP contribution >= 0.6 is 0 Å². The summed E-state index contributed by atoms with van der Waals surface area (Å²) in [5.41, 5.74) is 2.23. The molecular formula is C19H14N2O3. The normalized spacial score (nSPS) is 15.3. The van der Waals surface area contributed by atoms with E-state index in [1.54, 1.807) is 12.3 Å². The van der Waals surface area contributed by atoms with E-state index in [9.17, 15) is 15.0 Å². The molecule has 0 spiro atoms. The van der Waals surface area contributed by atoms with Crippen molar-refractivity contribution in [1.82, 2.24) is 9.97 Å². The van der Waals surface area contributed by atoms with Gasteiger partial charge in [-0.05, 0) is 28.5 Å². The highest BCUT2D eigenvalue weighted by molar-refractivity contribution is 5.89. The Morgan fingerprint density at radius 3 is 2.88 bits per heavy atom. The summed E-state index contributed by atoms with van der Waals surface area (Å²) in [5, 5.41) is 21.5. The SMILES string of the molecule is O=c1[nH]c(O)cc2c1=C(O)CC(=Cc1ccnc3ccccc13)C=2. The molecule has 0 atom stereocenters. The number of hydrogen-bond acceptors (Lipinski definition) is 4. The molecule has 0 fully saturated rings. The Hall–Kier alpha value is -3.34. The third kappa shape index (κ3) is 2.36. The number of pyridine rings is 2. The summed E-state index contributed by atoms with van der Waals surface area (Å²) in [5.74, 6) is -0.225. The first kappa shape index (κ1) is 14.3. The maximum absolute atomic E-state index is 11.9. The highest BCUT2D eigenvalue weighted by Crippen LogP contribution is 2.22. The number of aromatic hydroxyl groups is 1. The van der Waals surface area contributed by atoms with E-state index in [1.165, 1.54) is 6.07 Å². The van der Waals surface area contributed by atoms with Gasteiger partial charge in [-0.25, -0.2) is 0 Å². The molecule has 2 aromatic heterocycles. The summed E-state index contributed by atoms with van der Waals surface area (Å²) in [4.78, 5) is 18.5. The lowest BCUT2D eigenvalue weighted by Crippen LogP contribution is -2.43.